The maximum atomic E-state index is 12.4. The zero-order chi connectivity index (χ0) is 17.5. The second-order valence-electron chi connectivity index (χ2n) is 5.39. The molecule has 4 nitrogen and oxygen atoms in total. The van der Waals surface area contributed by atoms with Crippen LogP contribution in [-0.2, 0) is 6.42 Å². The lowest BCUT2D eigenvalue weighted by Gasteiger charge is -2.12. The molecule has 0 saturated carbocycles. The first kappa shape index (κ1) is 18.2. The highest BCUT2D eigenvalue weighted by molar-refractivity contribution is 7.98. The second kappa shape index (κ2) is 8.64. The lowest BCUT2D eigenvalue weighted by Crippen LogP contribution is -2.26. The standard InChI is InChI=1S/C19H23NO3S/c1-13-5-8-17(22-2)14(11-13)9-10-20-19(21)16-7-6-15(24-4)12-18(16)23-3/h5-8,11-12H,9-10H2,1-4H3,(H,20,21). The summed E-state index contributed by atoms with van der Waals surface area (Å²) in [6.45, 7) is 2.58. The molecule has 0 unspecified atom stereocenters. The zero-order valence-electron chi connectivity index (χ0n) is 14.5. The third-order valence-corrected chi connectivity index (χ3v) is 4.49. The van der Waals surface area contributed by atoms with Crippen molar-refractivity contribution >= 4 is 17.7 Å². The fourth-order valence-corrected chi connectivity index (χ4v) is 2.92. The third-order valence-electron chi connectivity index (χ3n) is 3.77. The Bertz CT molecular complexity index is 716. The van der Waals surface area contributed by atoms with Crippen molar-refractivity contribution in [2.24, 2.45) is 0 Å². The minimum Gasteiger partial charge on any atom is -0.496 e. The molecule has 2 aromatic carbocycles. The SMILES string of the molecule is COc1ccc(C)cc1CCNC(=O)c1ccc(SC)cc1OC. The van der Waals surface area contributed by atoms with E-state index in [4.69, 9.17) is 9.47 Å². The third kappa shape index (κ3) is 4.45. The van der Waals surface area contributed by atoms with E-state index < -0.39 is 0 Å². The summed E-state index contributed by atoms with van der Waals surface area (Å²) in [5, 5.41) is 2.95. The first-order valence-electron chi connectivity index (χ1n) is 7.72. The van der Waals surface area contributed by atoms with Crippen LogP contribution in [0.2, 0.25) is 0 Å². The van der Waals surface area contributed by atoms with E-state index in [0.717, 1.165) is 16.2 Å². The van der Waals surface area contributed by atoms with E-state index in [1.54, 1.807) is 32.0 Å². The number of hydrogen-bond acceptors (Lipinski definition) is 4. The molecule has 128 valence electrons. The molecule has 2 aromatic rings. The average molecular weight is 345 g/mol. The monoisotopic (exact) mass is 345 g/mol. The van der Waals surface area contributed by atoms with Gasteiger partial charge in [0.25, 0.3) is 5.91 Å². The predicted molar refractivity (Wildman–Crippen MR) is 98.5 cm³/mol. The highest BCUT2D eigenvalue weighted by Gasteiger charge is 2.13. The van der Waals surface area contributed by atoms with Gasteiger partial charge in [-0.15, -0.1) is 11.8 Å². The van der Waals surface area contributed by atoms with Crippen LogP contribution in [0, 0.1) is 6.92 Å². The summed E-state index contributed by atoms with van der Waals surface area (Å²) in [5.41, 5.74) is 2.81. The normalized spacial score (nSPS) is 10.3. The molecule has 0 saturated heterocycles. The molecular formula is C19H23NO3S. The molecule has 24 heavy (non-hydrogen) atoms. The van der Waals surface area contributed by atoms with Crippen LogP contribution in [0.3, 0.4) is 0 Å². The molecular weight excluding hydrogens is 322 g/mol. The molecule has 2 rings (SSSR count). The Morgan fingerprint density at radius 3 is 2.50 bits per heavy atom. The predicted octanol–water partition coefficient (Wildman–Crippen LogP) is 3.71. The molecule has 0 spiro atoms. The van der Waals surface area contributed by atoms with Crippen LogP contribution in [-0.4, -0.2) is 32.9 Å². The number of amides is 1. The lowest BCUT2D eigenvalue weighted by atomic mass is 10.1. The molecule has 0 radical (unpaired) electrons. The van der Waals surface area contributed by atoms with Crippen LogP contribution in [0.4, 0.5) is 0 Å². The van der Waals surface area contributed by atoms with E-state index in [2.05, 4.69) is 11.4 Å². The van der Waals surface area contributed by atoms with Gasteiger partial charge in [-0.3, -0.25) is 4.79 Å². The van der Waals surface area contributed by atoms with Gasteiger partial charge in [-0.1, -0.05) is 17.7 Å². The summed E-state index contributed by atoms with van der Waals surface area (Å²) in [5.74, 6) is 1.30. The summed E-state index contributed by atoms with van der Waals surface area (Å²) in [4.78, 5) is 13.5. The van der Waals surface area contributed by atoms with E-state index in [1.807, 2.05) is 37.4 Å². The molecule has 0 aromatic heterocycles. The van der Waals surface area contributed by atoms with Gasteiger partial charge in [0.2, 0.25) is 0 Å². The van der Waals surface area contributed by atoms with Crippen LogP contribution >= 0.6 is 11.8 Å². The number of rotatable bonds is 7. The lowest BCUT2D eigenvalue weighted by molar-refractivity contribution is 0.0951. The summed E-state index contributed by atoms with van der Waals surface area (Å²) in [7, 11) is 3.23. The Morgan fingerprint density at radius 2 is 1.83 bits per heavy atom. The highest BCUT2D eigenvalue weighted by Crippen LogP contribution is 2.25. The topological polar surface area (TPSA) is 47.6 Å². The summed E-state index contributed by atoms with van der Waals surface area (Å²) < 4.78 is 10.7. The fourth-order valence-electron chi connectivity index (χ4n) is 2.49. The number of nitrogens with one attached hydrogen (secondary N) is 1. The van der Waals surface area contributed by atoms with Crippen molar-refractivity contribution in [3.8, 4) is 11.5 Å². The van der Waals surface area contributed by atoms with Gasteiger partial charge in [-0.25, -0.2) is 0 Å². The van der Waals surface area contributed by atoms with Crippen molar-refractivity contribution in [1.82, 2.24) is 5.32 Å². The summed E-state index contributed by atoms with van der Waals surface area (Å²) in [6, 6.07) is 11.6. The molecule has 5 heteroatoms. The zero-order valence-corrected chi connectivity index (χ0v) is 15.3. The Hall–Kier alpha value is -2.14. The first-order chi connectivity index (χ1) is 11.6. The van der Waals surface area contributed by atoms with Crippen molar-refractivity contribution in [3.63, 3.8) is 0 Å². The van der Waals surface area contributed by atoms with Gasteiger partial charge < -0.3 is 14.8 Å². The number of carbonyl (C=O) groups is 1. The smallest absolute Gasteiger partial charge is 0.255 e. The number of hydrogen-bond donors (Lipinski definition) is 1. The fraction of sp³-hybridized carbons (Fsp3) is 0.316. The van der Waals surface area contributed by atoms with Gasteiger partial charge >= 0.3 is 0 Å². The Labute approximate surface area is 147 Å². The molecule has 0 fully saturated rings. The number of methoxy groups -OCH3 is 2. The summed E-state index contributed by atoms with van der Waals surface area (Å²) in [6.07, 6.45) is 2.70. The number of benzene rings is 2. The number of ether oxygens (including phenoxy) is 2. The number of thioether (sulfide) groups is 1. The molecule has 1 amide bonds. The van der Waals surface area contributed by atoms with E-state index >= 15 is 0 Å². The molecule has 0 atom stereocenters. The molecule has 0 aliphatic rings. The van der Waals surface area contributed by atoms with Crippen LogP contribution in [0.5, 0.6) is 11.5 Å². The largest absolute Gasteiger partial charge is 0.496 e. The molecule has 0 aliphatic carbocycles. The Balaban J connectivity index is 2.02. The van der Waals surface area contributed by atoms with Crippen LogP contribution in [0.15, 0.2) is 41.3 Å². The minimum atomic E-state index is -0.133. The number of carbonyl (C=O) groups excluding carboxylic acids is 1. The maximum absolute atomic E-state index is 12.4. The van der Waals surface area contributed by atoms with Crippen molar-refractivity contribution in [3.05, 3.63) is 53.1 Å². The first-order valence-corrected chi connectivity index (χ1v) is 8.95. The highest BCUT2D eigenvalue weighted by atomic mass is 32.2. The minimum absolute atomic E-state index is 0.133. The van der Waals surface area contributed by atoms with Crippen molar-refractivity contribution in [1.29, 1.82) is 0 Å². The van der Waals surface area contributed by atoms with Gasteiger partial charge in [0.1, 0.15) is 11.5 Å². The second-order valence-corrected chi connectivity index (χ2v) is 6.27. The Morgan fingerprint density at radius 1 is 1.08 bits per heavy atom. The summed E-state index contributed by atoms with van der Waals surface area (Å²) >= 11 is 1.61. The van der Waals surface area contributed by atoms with E-state index in [-0.39, 0.29) is 5.91 Å². The van der Waals surface area contributed by atoms with Crippen LogP contribution in [0.1, 0.15) is 21.5 Å². The van der Waals surface area contributed by atoms with Crippen molar-refractivity contribution in [2.45, 2.75) is 18.2 Å². The van der Waals surface area contributed by atoms with Gasteiger partial charge in [0, 0.05) is 11.4 Å². The van der Waals surface area contributed by atoms with Crippen molar-refractivity contribution < 1.29 is 14.3 Å². The average Bonchev–Trinajstić information content (AvgIpc) is 2.61. The maximum Gasteiger partial charge on any atom is 0.255 e. The number of aryl methyl sites for hydroxylation is 1. The van der Waals surface area contributed by atoms with Crippen molar-refractivity contribution in [2.75, 3.05) is 27.0 Å². The quantitative estimate of drug-likeness (QED) is 0.777. The Kier molecular flexibility index (Phi) is 6.55. The van der Waals surface area contributed by atoms with E-state index in [9.17, 15) is 4.79 Å². The van der Waals surface area contributed by atoms with Gasteiger partial charge in [0.05, 0.1) is 19.8 Å². The molecule has 1 N–H and O–H groups in total. The van der Waals surface area contributed by atoms with Gasteiger partial charge in [0.15, 0.2) is 0 Å². The molecule has 0 heterocycles. The van der Waals surface area contributed by atoms with Crippen LogP contribution in [0.25, 0.3) is 0 Å². The molecule has 0 aliphatic heterocycles. The van der Waals surface area contributed by atoms with Gasteiger partial charge in [-0.05, 0) is 49.4 Å². The molecule has 0 bridgehead atoms. The van der Waals surface area contributed by atoms with E-state index in [1.165, 1.54) is 5.56 Å². The van der Waals surface area contributed by atoms with Gasteiger partial charge in [-0.2, -0.15) is 0 Å². The van der Waals surface area contributed by atoms with E-state index in [0.29, 0.717) is 24.3 Å². The van der Waals surface area contributed by atoms with Crippen LogP contribution < -0.4 is 14.8 Å².